The van der Waals surface area contributed by atoms with Crippen molar-refractivity contribution in [1.82, 2.24) is 9.55 Å². The van der Waals surface area contributed by atoms with Crippen molar-refractivity contribution in [2.24, 2.45) is 0 Å². The molecule has 1 unspecified atom stereocenters. The SMILES string of the molecule is Clc1ccc(C(Cn2ccnc2)Sc2ccc3ccccc3c2)c(Cl)c1. The second kappa shape index (κ2) is 7.75. The molecule has 0 saturated heterocycles. The van der Waals surface area contributed by atoms with Crippen molar-refractivity contribution in [3.8, 4) is 0 Å². The number of halogens is 2. The van der Waals surface area contributed by atoms with Crippen LogP contribution in [0.1, 0.15) is 10.8 Å². The van der Waals surface area contributed by atoms with Crippen molar-refractivity contribution in [2.45, 2.75) is 16.7 Å². The molecule has 0 aliphatic rings. The quantitative estimate of drug-likeness (QED) is 0.341. The first-order chi connectivity index (χ1) is 12.7. The highest BCUT2D eigenvalue weighted by Crippen LogP contribution is 2.41. The number of imidazole rings is 1. The molecule has 26 heavy (non-hydrogen) atoms. The Balaban J connectivity index is 1.69. The van der Waals surface area contributed by atoms with Crippen LogP contribution in [0, 0.1) is 0 Å². The average molecular weight is 399 g/mol. The minimum Gasteiger partial charge on any atom is -0.336 e. The van der Waals surface area contributed by atoms with Gasteiger partial charge in [0.25, 0.3) is 0 Å². The number of thioether (sulfide) groups is 1. The molecule has 1 atom stereocenters. The van der Waals surface area contributed by atoms with E-state index in [0.717, 1.165) is 12.1 Å². The standard InChI is InChI=1S/C21H16Cl2N2S/c22-17-6-8-19(20(23)12-17)21(13-25-10-9-24-14-25)26-18-7-5-15-3-1-2-4-16(15)11-18/h1-12,14,21H,13H2. The molecule has 0 aliphatic heterocycles. The van der Waals surface area contributed by atoms with Crippen molar-refractivity contribution >= 4 is 45.7 Å². The maximum atomic E-state index is 6.50. The molecule has 2 nitrogen and oxygen atoms in total. The van der Waals surface area contributed by atoms with Crippen LogP contribution >= 0.6 is 35.0 Å². The van der Waals surface area contributed by atoms with E-state index in [1.54, 1.807) is 24.0 Å². The molecule has 0 amide bonds. The summed E-state index contributed by atoms with van der Waals surface area (Å²) >= 11 is 14.4. The fourth-order valence-corrected chi connectivity index (χ4v) is 4.81. The van der Waals surface area contributed by atoms with Crippen molar-refractivity contribution in [2.75, 3.05) is 0 Å². The molecule has 0 saturated carbocycles. The van der Waals surface area contributed by atoms with E-state index in [4.69, 9.17) is 23.2 Å². The van der Waals surface area contributed by atoms with Crippen molar-refractivity contribution < 1.29 is 0 Å². The van der Waals surface area contributed by atoms with Gasteiger partial charge in [-0.1, -0.05) is 59.6 Å². The van der Waals surface area contributed by atoms with Gasteiger partial charge >= 0.3 is 0 Å². The van der Waals surface area contributed by atoms with Crippen LogP contribution in [0.2, 0.25) is 10.0 Å². The number of rotatable bonds is 5. The van der Waals surface area contributed by atoms with E-state index in [9.17, 15) is 0 Å². The van der Waals surface area contributed by atoms with Crippen LogP contribution in [0.15, 0.2) is 84.3 Å². The molecule has 4 aromatic rings. The van der Waals surface area contributed by atoms with E-state index < -0.39 is 0 Å². The smallest absolute Gasteiger partial charge is 0.0946 e. The Kier molecular flexibility index (Phi) is 5.21. The number of aromatic nitrogens is 2. The zero-order valence-corrected chi connectivity index (χ0v) is 16.2. The number of hydrogen-bond donors (Lipinski definition) is 0. The van der Waals surface area contributed by atoms with Crippen LogP contribution in [0.25, 0.3) is 10.8 Å². The summed E-state index contributed by atoms with van der Waals surface area (Å²) in [7, 11) is 0. The summed E-state index contributed by atoms with van der Waals surface area (Å²) in [5.41, 5.74) is 1.07. The third-order valence-corrected chi connectivity index (χ3v) is 6.02. The molecule has 0 radical (unpaired) electrons. The Morgan fingerprint density at radius 3 is 2.58 bits per heavy atom. The Hall–Kier alpha value is -1.94. The fraction of sp³-hybridized carbons (Fsp3) is 0.0952. The average Bonchev–Trinajstić information content (AvgIpc) is 3.14. The lowest BCUT2D eigenvalue weighted by Gasteiger charge is -2.19. The first kappa shape index (κ1) is 17.5. The number of hydrogen-bond acceptors (Lipinski definition) is 2. The van der Waals surface area contributed by atoms with Gasteiger partial charge in [-0.2, -0.15) is 0 Å². The van der Waals surface area contributed by atoms with Gasteiger partial charge in [0.1, 0.15) is 0 Å². The summed E-state index contributed by atoms with van der Waals surface area (Å²) in [5.74, 6) is 0. The molecule has 0 N–H and O–H groups in total. The van der Waals surface area contributed by atoms with E-state index in [1.165, 1.54) is 15.7 Å². The van der Waals surface area contributed by atoms with Gasteiger partial charge in [0.2, 0.25) is 0 Å². The van der Waals surface area contributed by atoms with Crippen LogP contribution < -0.4 is 0 Å². The molecular weight excluding hydrogens is 383 g/mol. The van der Waals surface area contributed by atoms with Crippen molar-refractivity contribution in [3.05, 3.63) is 95.0 Å². The van der Waals surface area contributed by atoms with E-state index in [0.29, 0.717) is 10.0 Å². The maximum Gasteiger partial charge on any atom is 0.0946 e. The second-order valence-corrected chi connectivity index (χ2v) is 8.16. The topological polar surface area (TPSA) is 17.8 Å². The fourth-order valence-electron chi connectivity index (χ4n) is 2.95. The molecular formula is C21H16Cl2N2S. The summed E-state index contributed by atoms with van der Waals surface area (Å²) in [6.45, 7) is 0.777. The maximum absolute atomic E-state index is 6.50. The van der Waals surface area contributed by atoms with Crippen LogP contribution in [0.4, 0.5) is 0 Å². The summed E-state index contributed by atoms with van der Waals surface area (Å²) < 4.78 is 2.07. The molecule has 0 fully saturated rings. The monoisotopic (exact) mass is 398 g/mol. The third-order valence-electron chi connectivity index (χ3n) is 4.24. The van der Waals surface area contributed by atoms with Gasteiger partial charge in [-0.3, -0.25) is 0 Å². The minimum atomic E-state index is 0.148. The molecule has 0 aliphatic carbocycles. The summed E-state index contributed by atoms with van der Waals surface area (Å²) in [6, 6.07) is 20.7. The Morgan fingerprint density at radius 2 is 1.81 bits per heavy atom. The first-order valence-electron chi connectivity index (χ1n) is 8.25. The zero-order chi connectivity index (χ0) is 17.9. The lowest BCUT2D eigenvalue weighted by atomic mass is 10.1. The molecule has 0 spiro atoms. The minimum absolute atomic E-state index is 0.148. The Bertz CT molecular complexity index is 1030. The van der Waals surface area contributed by atoms with E-state index in [1.807, 2.05) is 24.7 Å². The highest BCUT2D eigenvalue weighted by Gasteiger charge is 2.18. The zero-order valence-electron chi connectivity index (χ0n) is 13.8. The van der Waals surface area contributed by atoms with E-state index in [-0.39, 0.29) is 5.25 Å². The molecule has 4 rings (SSSR count). The summed E-state index contributed by atoms with van der Waals surface area (Å²) in [5, 5.41) is 3.97. The highest BCUT2D eigenvalue weighted by molar-refractivity contribution is 7.99. The Labute approximate surface area is 166 Å². The third kappa shape index (κ3) is 3.90. The lowest BCUT2D eigenvalue weighted by molar-refractivity contribution is 0.683. The molecule has 3 aromatic carbocycles. The number of fused-ring (bicyclic) bond motifs is 1. The Morgan fingerprint density at radius 1 is 0.962 bits per heavy atom. The molecule has 1 heterocycles. The number of nitrogens with zero attached hydrogens (tertiary/aromatic N) is 2. The molecule has 130 valence electrons. The van der Waals surface area contributed by atoms with Crippen LogP contribution in [-0.2, 0) is 6.54 Å². The van der Waals surface area contributed by atoms with Crippen LogP contribution in [0.5, 0.6) is 0 Å². The summed E-state index contributed by atoms with van der Waals surface area (Å²) in [4.78, 5) is 5.36. The van der Waals surface area contributed by atoms with Crippen LogP contribution in [0.3, 0.4) is 0 Å². The predicted octanol–water partition coefficient (Wildman–Crippen LogP) is 6.88. The van der Waals surface area contributed by atoms with Crippen molar-refractivity contribution in [1.29, 1.82) is 0 Å². The number of benzene rings is 3. The molecule has 0 bridgehead atoms. The van der Waals surface area contributed by atoms with Gasteiger partial charge < -0.3 is 4.57 Å². The summed E-state index contributed by atoms with van der Waals surface area (Å²) in [6.07, 6.45) is 5.59. The molecule has 1 aromatic heterocycles. The van der Waals surface area contributed by atoms with Gasteiger partial charge in [-0.05, 0) is 40.6 Å². The van der Waals surface area contributed by atoms with Gasteiger partial charge in [-0.15, -0.1) is 11.8 Å². The highest BCUT2D eigenvalue weighted by atomic mass is 35.5. The van der Waals surface area contributed by atoms with E-state index >= 15 is 0 Å². The largest absolute Gasteiger partial charge is 0.336 e. The predicted molar refractivity (Wildman–Crippen MR) is 111 cm³/mol. The van der Waals surface area contributed by atoms with Gasteiger partial charge in [0, 0.05) is 33.9 Å². The van der Waals surface area contributed by atoms with Crippen LogP contribution in [-0.4, -0.2) is 9.55 Å². The van der Waals surface area contributed by atoms with E-state index in [2.05, 4.69) is 52.0 Å². The normalized spacial score (nSPS) is 12.4. The second-order valence-electron chi connectivity index (χ2n) is 6.04. The van der Waals surface area contributed by atoms with Gasteiger partial charge in [-0.25, -0.2) is 4.98 Å². The molecule has 5 heteroatoms. The van der Waals surface area contributed by atoms with Gasteiger partial charge in [0.15, 0.2) is 0 Å². The first-order valence-corrected chi connectivity index (χ1v) is 9.89. The van der Waals surface area contributed by atoms with Crippen molar-refractivity contribution in [3.63, 3.8) is 0 Å². The van der Waals surface area contributed by atoms with Gasteiger partial charge in [0.05, 0.1) is 11.6 Å². The lowest BCUT2D eigenvalue weighted by Crippen LogP contribution is -2.05.